The van der Waals surface area contributed by atoms with Gasteiger partial charge in [0.2, 0.25) is 5.91 Å². The van der Waals surface area contributed by atoms with Crippen LogP contribution < -0.4 is 5.32 Å². The lowest BCUT2D eigenvalue weighted by molar-refractivity contribution is -0.120. The van der Waals surface area contributed by atoms with Crippen molar-refractivity contribution in [3.8, 4) is 0 Å². The summed E-state index contributed by atoms with van der Waals surface area (Å²) >= 11 is 0. The molecule has 4 rings (SSSR count). The van der Waals surface area contributed by atoms with Crippen molar-refractivity contribution in [2.24, 2.45) is 0 Å². The van der Waals surface area contributed by atoms with Gasteiger partial charge in [0.05, 0.1) is 12.5 Å². The lowest BCUT2D eigenvalue weighted by Crippen LogP contribution is -2.37. The lowest BCUT2D eigenvalue weighted by Gasteiger charge is -2.28. The molecule has 0 aromatic heterocycles. The molecule has 0 unspecified atom stereocenters. The number of hydrogen-bond acceptors (Lipinski definition) is 2. The van der Waals surface area contributed by atoms with Crippen LogP contribution in [-0.2, 0) is 11.2 Å². The molecule has 1 aliphatic rings. The SMILES string of the molecule is Cc1ccc([C@H](CNC(=O)Cc2cccc3ccccc23)N2CCCC2)cc1. The fourth-order valence-corrected chi connectivity index (χ4v) is 4.19. The van der Waals surface area contributed by atoms with Gasteiger partial charge in [0, 0.05) is 6.54 Å². The van der Waals surface area contributed by atoms with E-state index in [2.05, 4.69) is 65.7 Å². The summed E-state index contributed by atoms with van der Waals surface area (Å²) in [7, 11) is 0. The van der Waals surface area contributed by atoms with Gasteiger partial charge in [-0.1, -0.05) is 72.3 Å². The van der Waals surface area contributed by atoms with E-state index in [1.165, 1.54) is 29.4 Å². The van der Waals surface area contributed by atoms with Crippen LogP contribution >= 0.6 is 0 Å². The van der Waals surface area contributed by atoms with Crippen LogP contribution in [0.25, 0.3) is 10.8 Å². The number of likely N-dealkylation sites (tertiary alicyclic amines) is 1. The second-order valence-electron chi connectivity index (χ2n) is 7.79. The van der Waals surface area contributed by atoms with Gasteiger partial charge in [-0.3, -0.25) is 9.69 Å². The van der Waals surface area contributed by atoms with E-state index in [-0.39, 0.29) is 11.9 Å². The third-order valence-electron chi connectivity index (χ3n) is 5.77. The number of fused-ring (bicyclic) bond motifs is 1. The third-order valence-corrected chi connectivity index (χ3v) is 5.77. The van der Waals surface area contributed by atoms with Gasteiger partial charge in [-0.25, -0.2) is 0 Å². The number of carbonyl (C=O) groups excluding carboxylic acids is 1. The maximum absolute atomic E-state index is 12.7. The van der Waals surface area contributed by atoms with Crippen LogP contribution in [0.15, 0.2) is 66.7 Å². The molecule has 0 saturated carbocycles. The van der Waals surface area contributed by atoms with E-state index in [0.717, 1.165) is 24.0 Å². The molecule has 28 heavy (non-hydrogen) atoms. The zero-order chi connectivity index (χ0) is 19.3. The van der Waals surface area contributed by atoms with Crippen molar-refractivity contribution < 1.29 is 4.79 Å². The highest BCUT2D eigenvalue weighted by Crippen LogP contribution is 2.25. The molecule has 0 bridgehead atoms. The number of nitrogens with zero attached hydrogens (tertiary/aromatic N) is 1. The fraction of sp³-hybridized carbons (Fsp3) is 0.320. The largest absolute Gasteiger partial charge is 0.354 e. The van der Waals surface area contributed by atoms with Crippen molar-refractivity contribution in [3.05, 3.63) is 83.4 Å². The predicted octanol–water partition coefficient (Wildman–Crippen LogP) is 4.64. The topological polar surface area (TPSA) is 32.3 Å². The second-order valence-corrected chi connectivity index (χ2v) is 7.79. The van der Waals surface area contributed by atoms with Crippen LogP contribution in [0.2, 0.25) is 0 Å². The summed E-state index contributed by atoms with van der Waals surface area (Å²) < 4.78 is 0. The zero-order valence-electron chi connectivity index (χ0n) is 16.5. The highest BCUT2D eigenvalue weighted by molar-refractivity contribution is 5.90. The number of benzene rings is 3. The van der Waals surface area contributed by atoms with Crippen LogP contribution in [0.5, 0.6) is 0 Å². The molecule has 3 heteroatoms. The Bertz CT molecular complexity index is 937. The minimum absolute atomic E-state index is 0.0904. The van der Waals surface area contributed by atoms with E-state index in [9.17, 15) is 4.79 Å². The van der Waals surface area contributed by atoms with Crippen LogP contribution in [0.1, 0.15) is 35.6 Å². The molecule has 1 amide bonds. The lowest BCUT2D eigenvalue weighted by atomic mass is 10.0. The summed E-state index contributed by atoms with van der Waals surface area (Å²) in [6, 6.07) is 23.4. The Morgan fingerprint density at radius 2 is 1.68 bits per heavy atom. The first-order valence-electron chi connectivity index (χ1n) is 10.2. The van der Waals surface area contributed by atoms with Crippen molar-refractivity contribution in [1.29, 1.82) is 0 Å². The zero-order valence-corrected chi connectivity index (χ0v) is 16.5. The fourth-order valence-electron chi connectivity index (χ4n) is 4.19. The quantitative estimate of drug-likeness (QED) is 0.683. The van der Waals surface area contributed by atoms with Crippen molar-refractivity contribution >= 4 is 16.7 Å². The Balaban J connectivity index is 1.45. The highest BCUT2D eigenvalue weighted by Gasteiger charge is 2.24. The molecule has 144 valence electrons. The van der Waals surface area contributed by atoms with Crippen LogP contribution in [0, 0.1) is 6.92 Å². The summed E-state index contributed by atoms with van der Waals surface area (Å²) in [5.41, 5.74) is 3.64. The number of amides is 1. The number of carbonyl (C=O) groups is 1. The van der Waals surface area contributed by atoms with Gasteiger partial charge in [-0.2, -0.15) is 0 Å². The first kappa shape index (κ1) is 18.7. The molecule has 1 atom stereocenters. The smallest absolute Gasteiger partial charge is 0.224 e. The molecule has 1 heterocycles. The van der Waals surface area contributed by atoms with Crippen molar-refractivity contribution in [2.45, 2.75) is 32.2 Å². The molecule has 3 nitrogen and oxygen atoms in total. The monoisotopic (exact) mass is 372 g/mol. The minimum Gasteiger partial charge on any atom is -0.354 e. The maximum Gasteiger partial charge on any atom is 0.224 e. The van der Waals surface area contributed by atoms with Gasteiger partial charge in [0.15, 0.2) is 0 Å². The maximum atomic E-state index is 12.7. The van der Waals surface area contributed by atoms with Crippen molar-refractivity contribution in [1.82, 2.24) is 10.2 Å². The second kappa shape index (κ2) is 8.57. The number of rotatable bonds is 6. The predicted molar refractivity (Wildman–Crippen MR) is 115 cm³/mol. The summed E-state index contributed by atoms with van der Waals surface area (Å²) in [4.78, 5) is 15.2. The molecule has 1 saturated heterocycles. The molecule has 3 aromatic carbocycles. The van der Waals surface area contributed by atoms with E-state index in [1.54, 1.807) is 0 Å². The number of hydrogen-bond donors (Lipinski definition) is 1. The molecule has 1 N–H and O–H groups in total. The van der Waals surface area contributed by atoms with E-state index in [4.69, 9.17) is 0 Å². The van der Waals surface area contributed by atoms with Gasteiger partial charge in [0.25, 0.3) is 0 Å². The Morgan fingerprint density at radius 1 is 0.964 bits per heavy atom. The Hall–Kier alpha value is -2.65. The number of aryl methyl sites for hydroxylation is 1. The van der Waals surface area contributed by atoms with E-state index >= 15 is 0 Å². The summed E-state index contributed by atoms with van der Waals surface area (Å²) in [5.74, 6) is 0.0904. The van der Waals surface area contributed by atoms with Crippen LogP contribution in [0.3, 0.4) is 0 Å². The van der Waals surface area contributed by atoms with Gasteiger partial charge >= 0.3 is 0 Å². The first-order chi connectivity index (χ1) is 13.7. The van der Waals surface area contributed by atoms with Gasteiger partial charge < -0.3 is 5.32 Å². The summed E-state index contributed by atoms with van der Waals surface area (Å²) in [6.07, 6.45) is 2.90. The van der Waals surface area contributed by atoms with E-state index in [1.807, 2.05) is 18.2 Å². The Morgan fingerprint density at radius 3 is 2.46 bits per heavy atom. The standard InChI is InChI=1S/C25H28N2O/c1-19-11-13-21(14-12-19)24(27-15-4-5-16-27)18-26-25(28)17-22-9-6-8-20-7-2-3-10-23(20)22/h2-3,6-14,24H,4-5,15-18H2,1H3,(H,26,28)/t24-/m0/s1. The molecule has 0 spiro atoms. The Kier molecular flexibility index (Phi) is 5.73. The average Bonchev–Trinajstić information content (AvgIpc) is 3.24. The van der Waals surface area contributed by atoms with E-state index < -0.39 is 0 Å². The van der Waals surface area contributed by atoms with Gasteiger partial charge in [-0.15, -0.1) is 0 Å². The first-order valence-corrected chi connectivity index (χ1v) is 10.2. The molecule has 3 aromatic rings. The van der Waals surface area contributed by atoms with Crippen molar-refractivity contribution in [3.63, 3.8) is 0 Å². The molecular formula is C25H28N2O. The molecule has 0 radical (unpaired) electrons. The van der Waals surface area contributed by atoms with Crippen LogP contribution in [-0.4, -0.2) is 30.4 Å². The Labute approximate surface area is 167 Å². The average molecular weight is 373 g/mol. The van der Waals surface area contributed by atoms with Crippen LogP contribution in [0.4, 0.5) is 0 Å². The summed E-state index contributed by atoms with van der Waals surface area (Å²) in [5, 5.41) is 5.55. The normalized spacial score (nSPS) is 15.6. The molecule has 1 fully saturated rings. The van der Waals surface area contributed by atoms with E-state index in [0.29, 0.717) is 13.0 Å². The number of nitrogens with one attached hydrogen (secondary N) is 1. The van der Waals surface area contributed by atoms with Crippen molar-refractivity contribution in [2.75, 3.05) is 19.6 Å². The minimum atomic E-state index is 0.0904. The summed E-state index contributed by atoms with van der Waals surface area (Å²) in [6.45, 7) is 4.99. The van der Waals surface area contributed by atoms with Gasteiger partial charge in [-0.05, 0) is 54.8 Å². The molecular weight excluding hydrogens is 344 g/mol. The van der Waals surface area contributed by atoms with Gasteiger partial charge in [0.1, 0.15) is 0 Å². The molecule has 1 aliphatic heterocycles. The highest BCUT2D eigenvalue weighted by atomic mass is 16.1. The third kappa shape index (κ3) is 4.26. The molecule has 0 aliphatic carbocycles.